The fourth-order valence-electron chi connectivity index (χ4n) is 2.24. The van der Waals surface area contributed by atoms with Crippen LogP contribution in [-0.2, 0) is 9.53 Å². The average molecular weight is 393 g/mol. The van der Waals surface area contributed by atoms with Crippen molar-refractivity contribution < 1.29 is 19.1 Å². The Morgan fingerprint density at radius 1 is 1.31 bits per heavy atom. The molecule has 0 atom stereocenters. The van der Waals surface area contributed by atoms with Gasteiger partial charge in [-0.3, -0.25) is 9.59 Å². The van der Waals surface area contributed by atoms with Gasteiger partial charge in [0.25, 0.3) is 0 Å². The molecular formula is C17H19N3O4S2. The minimum Gasteiger partial charge on any atom is -0.454 e. The summed E-state index contributed by atoms with van der Waals surface area (Å²) >= 11 is 2.61. The van der Waals surface area contributed by atoms with Crippen molar-refractivity contribution in [2.75, 3.05) is 30.5 Å². The van der Waals surface area contributed by atoms with E-state index in [2.05, 4.69) is 15.0 Å². The molecule has 7 nitrogen and oxygen atoms in total. The van der Waals surface area contributed by atoms with Gasteiger partial charge in [-0.2, -0.15) is 4.37 Å². The number of amides is 1. The van der Waals surface area contributed by atoms with Gasteiger partial charge in [0.1, 0.15) is 10.6 Å². The molecule has 0 unspecified atom stereocenters. The molecular weight excluding hydrogens is 374 g/mol. The van der Waals surface area contributed by atoms with Gasteiger partial charge in [-0.15, -0.1) is 11.8 Å². The molecule has 1 aromatic heterocycles. The number of nitrogens with one attached hydrogen (secondary N) is 2. The maximum Gasteiger partial charge on any atom is 0.343 e. The standard InChI is InChI=1S/C17H19N3O4S2/c1-9-15(16(18-3)26-20-9)17(23)24-8-13(22)11-5-6-14(25-4)12(7-11)19-10(2)21/h5-7,18H,8H2,1-4H3,(H,19,21). The van der Waals surface area contributed by atoms with Gasteiger partial charge in [-0.1, -0.05) is 6.07 Å². The van der Waals surface area contributed by atoms with Crippen molar-refractivity contribution in [1.29, 1.82) is 0 Å². The Balaban J connectivity index is 2.11. The zero-order valence-electron chi connectivity index (χ0n) is 14.8. The number of hydrogen-bond acceptors (Lipinski definition) is 8. The van der Waals surface area contributed by atoms with Gasteiger partial charge < -0.3 is 15.4 Å². The lowest BCUT2D eigenvalue weighted by molar-refractivity contribution is -0.114. The summed E-state index contributed by atoms with van der Waals surface area (Å²) in [4.78, 5) is 36.8. The first-order valence-electron chi connectivity index (χ1n) is 7.67. The number of ether oxygens (including phenoxy) is 1. The van der Waals surface area contributed by atoms with Crippen molar-refractivity contribution in [3.63, 3.8) is 0 Å². The lowest BCUT2D eigenvalue weighted by atomic mass is 10.1. The first-order valence-corrected chi connectivity index (χ1v) is 9.67. The van der Waals surface area contributed by atoms with Crippen LogP contribution in [0.4, 0.5) is 10.7 Å². The average Bonchev–Trinajstić information content (AvgIpc) is 2.99. The van der Waals surface area contributed by atoms with E-state index in [4.69, 9.17) is 4.74 Å². The highest BCUT2D eigenvalue weighted by atomic mass is 32.2. The minimum atomic E-state index is -0.600. The highest BCUT2D eigenvalue weighted by Crippen LogP contribution is 2.27. The molecule has 1 amide bonds. The van der Waals surface area contributed by atoms with E-state index >= 15 is 0 Å². The van der Waals surface area contributed by atoms with E-state index in [0.717, 1.165) is 16.4 Å². The molecule has 0 saturated carbocycles. The van der Waals surface area contributed by atoms with Crippen LogP contribution in [0.1, 0.15) is 33.3 Å². The van der Waals surface area contributed by atoms with Crippen molar-refractivity contribution in [1.82, 2.24) is 4.37 Å². The molecule has 138 valence electrons. The van der Waals surface area contributed by atoms with E-state index in [1.165, 1.54) is 18.7 Å². The molecule has 0 aliphatic heterocycles. The number of ketones is 1. The summed E-state index contributed by atoms with van der Waals surface area (Å²) in [6.45, 7) is 2.71. The molecule has 1 heterocycles. The van der Waals surface area contributed by atoms with E-state index < -0.39 is 12.6 Å². The Hall–Kier alpha value is -2.39. The summed E-state index contributed by atoms with van der Waals surface area (Å²) in [5, 5.41) is 6.17. The van der Waals surface area contributed by atoms with Crippen LogP contribution in [0, 0.1) is 6.92 Å². The van der Waals surface area contributed by atoms with Crippen LogP contribution in [0.15, 0.2) is 23.1 Å². The van der Waals surface area contributed by atoms with Crippen molar-refractivity contribution >= 4 is 51.6 Å². The molecule has 26 heavy (non-hydrogen) atoms. The summed E-state index contributed by atoms with van der Waals surface area (Å²) in [5.41, 5.74) is 1.79. The zero-order chi connectivity index (χ0) is 19.3. The molecule has 1 aromatic carbocycles. The third-order valence-electron chi connectivity index (χ3n) is 3.46. The summed E-state index contributed by atoms with van der Waals surface area (Å²) in [5.74, 6) is -1.18. The highest BCUT2D eigenvalue weighted by Gasteiger charge is 2.20. The molecule has 0 fully saturated rings. The molecule has 2 rings (SSSR count). The predicted molar refractivity (Wildman–Crippen MR) is 104 cm³/mol. The topological polar surface area (TPSA) is 97.4 Å². The molecule has 0 spiro atoms. The third kappa shape index (κ3) is 4.61. The van der Waals surface area contributed by atoms with Crippen LogP contribution in [0.5, 0.6) is 0 Å². The Bertz CT molecular complexity index is 849. The molecule has 0 saturated heterocycles. The van der Waals surface area contributed by atoms with Gasteiger partial charge in [-0.05, 0) is 36.8 Å². The van der Waals surface area contributed by atoms with Crippen molar-refractivity contribution in [3.8, 4) is 0 Å². The second kappa shape index (κ2) is 8.81. The summed E-state index contributed by atoms with van der Waals surface area (Å²) in [6, 6.07) is 4.97. The molecule has 0 aliphatic carbocycles. The van der Waals surface area contributed by atoms with E-state index in [0.29, 0.717) is 27.5 Å². The van der Waals surface area contributed by atoms with Crippen LogP contribution in [0.2, 0.25) is 0 Å². The zero-order valence-corrected chi connectivity index (χ0v) is 16.5. The number of aromatic nitrogens is 1. The fraction of sp³-hybridized carbons (Fsp3) is 0.294. The minimum absolute atomic E-state index is 0.226. The van der Waals surface area contributed by atoms with Gasteiger partial charge in [0.05, 0.1) is 11.4 Å². The number of aryl methyl sites for hydroxylation is 1. The van der Waals surface area contributed by atoms with Crippen molar-refractivity contribution in [3.05, 3.63) is 35.0 Å². The van der Waals surface area contributed by atoms with Crippen molar-refractivity contribution in [2.45, 2.75) is 18.7 Å². The summed E-state index contributed by atoms with van der Waals surface area (Å²) in [6.07, 6.45) is 1.88. The second-order valence-corrected chi connectivity index (χ2v) is 6.94. The quantitative estimate of drug-likeness (QED) is 0.423. The third-order valence-corrected chi connectivity index (χ3v) is 5.21. The Kier molecular flexibility index (Phi) is 6.76. The Morgan fingerprint density at radius 2 is 2.04 bits per heavy atom. The lowest BCUT2D eigenvalue weighted by Crippen LogP contribution is -2.16. The number of carbonyl (C=O) groups excluding carboxylic acids is 3. The summed E-state index contributed by atoms with van der Waals surface area (Å²) in [7, 11) is 1.69. The maximum atomic E-state index is 12.4. The molecule has 2 aromatic rings. The highest BCUT2D eigenvalue weighted by molar-refractivity contribution is 7.98. The van der Waals surface area contributed by atoms with E-state index in [1.807, 2.05) is 6.26 Å². The van der Waals surface area contributed by atoms with Crippen LogP contribution in [-0.4, -0.2) is 41.9 Å². The number of Topliss-reactive ketones (excluding diaryl/α,β-unsaturated/α-hetero) is 1. The second-order valence-electron chi connectivity index (χ2n) is 5.32. The number of benzene rings is 1. The Labute approximate surface area is 159 Å². The van der Waals surface area contributed by atoms with E-state index in [1.54, 1.807) is 32.2 Å². The van der Waals surface area contributed by atoms with Crippen LogP contribution in [0.25, 0.3) is 0 Å². The first-order chi connectivity index (χ1) is 12.4. The number of thioether (sulfide) groups is 1. The van der Waals surface area contributed by atoms with E-state index in [9.17, 15) is 14.4 Å². The first kappa shape index (κ1) is 19.9. The molecule has 0 bridgehead atoms. The SMILES string of the molecule is CNc1snc(C)c1C(=O)OCC(=O)c1ccc(SC)c(NC(C)=O)c1. The molecule has 9 heteroatoms. The number of esters is 1. The number of hydrogen-bond donors (Lipinski definition) is 2. The van der Waals surface area contributed by atoms with Crippen LogP contribution >= 0.6 is 23.3 Å². The molecule has 0 aliphatic rings. The van der Waals surface area contributed by atoms with E-state index in [-0.39, 0.29) is 11.7 Å². The normalized spacial score (nSPS) is 10.3. The fourth-order valence-corrected chi connectivity index (χ4v) is 3.50. The van der Waals surface area contributed by atoms with Gasteiger partial charge >= 0.3 is 5.97 Å². The Morgan fingerprint density at radius 3 is 2.65 bits per heavy atom. The number of anilines is 2. The monoisotopic (exact) mass is 393 g/mol. The molecule has 2 N–H and O–H groups in total. The predicted octanol–water partition coefficient (Wildman–Crippen LogP) is 3.21. The summed E-state index contributed by atoms with van der Waals surface area (Å²) < 4.78 is 9.25. The van der Waals surface area contributed by atoms with Crippen LogP contribution in [0.3, 0.4) is 0 Å². The van der Waals surface area contributed by atoms with Gasteiger partial charge in [0, 0.05) is 24.4 Å². The number of nitrogens with zero attached hydrogens (tertiary/aromatic N) is 1. The smallest absolute Gasteiger partial charge is 0.343 e. The largest absolute Gasteiger partial charge is 0.454 e. The lowest BCUT2D eigenvalue weighted by Gasteiger charge is -2.10. The van der Waals surface area contributed by atoms with Gasteiger partial charge in [0.2, 0.25) is 5.91 Å². The number of rotatable bonds is 7. The maximum absolute atomic E-state index is 12.4. The van der Waals surface area contributed by atoms with Crippen molar-refractivity contribution in [2.24, 2.45) is 0 Å². The van der Waals surface area contributed by atoms with Gasteiger partial charge in [0.15, 0.2) is 12.4 Å². The molecule has 0 radical (unpaired) electrons. The number of carbonyl (C=O) groups is 3. The van der Waals surface area contributed by atoms with Gasteiger partial charge in [-0.25, -0.2) is 4.79 Å². The van der Waals surface area contributed by atoms with Crippen LogP contribution < -0.4 is 10.6 Å².